The van der Waals surface area contributed by atoms with Gasteiger partial charge in [0.05, 0.1) is 13.7 Å². The van der Waals surface area contributed by atoms with Crippen LogP contribution in [0, 0.1) is 19.4 Å². The molecule has 31 heavy (non-hydrogen) atoms. The lowest BCUT2D eigenvalue weighted by Crippen LogP contribution is -2.35. The van der Waals surface area contributed by atoms with Crippen LogP contribution in [0.2, 0.25) is 0 Å². The minimum atomic E-state index is 0.238. The highest BCUT2D eigenvalue weighted by molar-refractivity contribution is 6.00. The molecule has 160 valence electrons. The van der Waals surface area contributed by atoms with Gasteiger partial charge in [-0.1, -0.05) is 24.3 Å². The quantitative estimate of drug-likeness (QED) is 0.582. The monoisotopic (exact) mass is 417 g/mol. The molecule has 0 amide bonds. The molecule has 0 radical (unpaired) electrons. The molecule has 0 atom stereocenters. The van der Waals surface area contributed by atoms with Crippen molar-refractivity contribution in [3.63, 3.8) is 0 Å². The number of aliphatic hydroxyl groups is 1. The van der Waals surface area contributed by atoms with Crippen molar-refractivity contribution in [2.75, 3.05) is 37.0 Å². The number of fused-ring (bicyclic) bond motifs is 1. The van der Waals surface area contributed by atoms with Crippen LogP contribution in [0.5, 0.6) is 5.75 Å². The molecule has 2 heterocycles. The Morgan fingerprint density at radius 1 is 1.16 bits per heavy atom. The van der Waals surface area contributed by atoms with Crippen molar-refractivity contribution in [2.45, 2.75) is 26.3 Å². The van der Waals surface area contributed by atoms with E-state index in [1.807, 2.05) is 37.3 Å². The van der Waals surface area contributed by atoms with Gasteiger partial charge in [0.1, 0.15) is 5.75 Å². The number of aliphatic hydroxyl groups excluding tert-OH is 1. The molecule has 7 nitrogen and oxygen atoms in total. The van der Waals surface area contributed by atoms with Crippen molar-refractivity contribution >= 4 is 28.1 Å². The number of rotatable bonds is 6. The second kappa shape index (κ2) is 9.19. The number of methoxy groups -OCH3 is 1. The smallest absolute Gasteiger partial charge is 0.188 e. The van der Waals surface area contributed by atoms with Crippen LogP contribution >= 0.6 is 0 Å². The van der Waals surface area contributed by atoms with Crippen LogP contribution in [-0.4, -0.2) is 42.1 Å². The number of hydrogen-bond acceptors (Lipinski definition) is 6. The fourth-order valence-electron chi connectivity index (χ4n) is 4.13. The van der Waals surface area contributed by atoms with Crippen LogP contribution in [0.3, 0.4) is 0 Å². The normalized spacial score (nSPS) is 14.5. The molecule has 0 saturated carbocycles. The zero-order valence-corrected chi connectivity index (χ0v) is 17.9. The summed E-state index contributed by atoms with van der Waals surface area (Å²) in [6.45, 7) is 11.9. The topological polar surface area (TPSA) is 74.9 Å². The van der Waals surface area contributed by atoms with Gasteiger partial charge in [0.15, 0.2) is 17.3 Å². The largest absolute Gasteiger partial charge is 0.496 e. The summed E-state index contributed by atoms with van der Waals surface area (Å²) in [5, 5.41) is 23.7. The van der Waals surface area contributed by atoms with Gasteiger partial charge in [0, 0.05) is 37.0 Å². The van der Waals surface area contributed by atoms with Crippen molar-refractivity contribution in [1.29, 1.82) is 0 Å². The number of benzene rings is 2. The maximum absolute atomic E-state index is 9.42. The lowest BCUT2D eigenvalue weighted by molar-refractivity contribution is 0.203. The van der Waals surface area contributed by atoms with E-state index in [0.717, 1.165) is 59.4 Å². The molecular weight excluding hydrogens is 390 g/mol. The Morgan fingerprint density at radius 2 is 1.97 bits per heavy atom. The van der Waals surface area contributed by atoms with Crippen LogP contribution in [-0.2, 0) is 6.54 Å². The summed E-state index contributed by atoms with van der Waals surface area (Å²) < 4.78 is 5.34. The van der Waals surface area contributed by atoms with Gasteiger partial charge in [0.2, 0.25) is 0 Å². The highest BCUT2D eigenvalue weighted by Gasteiger charge is 2.22. The molecule has 0 spiro atoms. The SMILES string of the molecule is [C-]#[N+]c1ccc2c(N3CCC(CO)CC3)nnc(NCc3ccc(OC)c(C)c3)c2c1. The van der Waals surface area contributed by atoms with Crippen molar-refractivity contribution in [3.8, 4) is 5.75 Å². The predicted molar refractivity (Wildman–Crippen MR) is 123 cm³/mol. The van der Waals surface area contributed by atoms with E-state index in [-0.39, 0.29) is 6.61 Å². The van der Waals surface area contributed by atoms with Crippen molar-refractivity contribution in [2.24, 2.45) is 5.92 Å². The number of anilines is 2. The average Bonchev–Trinajstić information content (AvgIpc) is 2.82. The van der Waals surface area contributed by atoms with Crippen LogP contribution in [0.4, 0.5) is 17.3 Å². The van der Waals surface area contributed by atoms with Crippen LogP contribution in [0.15, 0.2) is 36.4 Å². The first-order chi connectivity index (χ1) is 15.1. The summed E-state index contributed by atoms with van der Waals surface area (Å²) in [5.41, 5.74) is 2.77. The minimum Gasteiger partial charge on any atom is -0.496 e. The Labute approximate surface area is 182 Å². The zero-order valence-electron chi connectivity index (χ0n) is 17.9. The van der Waals surface area contributed by atoms with Gasteiger partial charge in [0.25, 0.3) is 0 Å². The summed E-state index contributed by atoms with van der Waals surface area (Å²) in [6, 6.07) is 11.8. The van der Waals surface area contributed by atoms with E-state index >= 15 is 0 Å². The van der Waals surface area contributed by atoms with Gasteiger partial charge < -0.3 is 20.1 Å². The molecule has 3 aromatic rings. The maximum Gasteiger partial charge on any atom is 0.188 e. The third kappa shape index (κ3) is 4.39. The van der Waals surface area contributed by atoms with Gasteiger partial charge in [-0.25, -0.2) is 4.85 Å². The molecule has 2 aromatic carbocycles. The lowest BCUT2D eigenvalue weighted by Gasteiger charge is -2.32. The summed E-state index contributed by atoms with van der Waals surface area (Å²) in [7, 11) is 1.67. The van der Waals surface area contributed by atoms with Crippen molar-refractivity contribution < 1.29 is 9.84 Å². The Balaban J connectivity index is 1.63. The van der Waals surface area contributed by atoms with E-state index in [9.17, 15) is 5.11 Å². The van der Waals surface area contributed by atoms with Gasteiger partial charge in [-0.05, 0) is 48.9 Å². The number of nitrogens with one attached hydrogen (secondary N) is 1. The fraction of sp³-hybridized carbons (Fsp3) is 0.375. The average molecular weight is 418 g/mol. The van der Waals surface area contributed by atoms with Crippen molar-refractivity contribution in [1.82, 2.24) is 10.2 Å². The number of nitrogens with zero attached hydrogens (tertiary/aromatic N) is 4. The molecule has 0 aliphatic carbocycles. The highest BCUT2D eigenvalue weighted by atomic mass is 16.5. The standard InChI is InChI=1S/C24H27N5O2/c1-16-12-18(4-7-22(16)31-3)14-26-23-21-13-19(25-2)5-6-20(21)24(28-27-23)29-10-8-17(15-30)9-11-29/h4-7,12-13,17,30H,8-11,14-15H2,1,3H3,(H,26,27). The van der Waals surface area contributed by atoms with Gasteiger partial charge >= 0.3 is 0 Å². The molecule has 0 bridgehead atoms. The third-order valence-electron chi connectivity index (χ3n) is 5.96. The summed E-state index contributed by atoms with van der Waals surface area (Å²) >= 11 is 0. The molecule has 4 rings (SSSR count). The lowest BCUT2D eigenvalue weighted by atomic mass is 9.97. The van der Waals surface area contributed by atoms with Gasteiger partial charge in [-0.2, -0.15) is 0 Å². The third-order valence-corrected chi connectivity index (χ3v) is 5.96. The van der Waals surface area contributed by atoms with E-state index in [1.165, 1.54) is 0 Å². The predicted octanol–water partition coefficient (Wildman–Crippen LogP) is 4.32. The number of aryl methyl sites for hydroxylation is 1. The van der Waals surface area contributed by atoms with Gasteiger partial charge in [-0.15, -0.1) is 10.2 Å². The number of ether oxygens (including phenoxy) is 1. The second-order valence-electron chi connectivity index (χ2n) is 7.98. The van der Waals surface area contributed by atoms with Crippen molar-refractivity contribution in [3.05, 3.63) is 58.9 Å². The molecule has 2 N–H and O–H groups in total. The molecule has 7 heteroatoms. The first kappa shape index (κ1) is 20.9. The van der Waals surface area contributed by atoms with E-state index in [0.29, 0.717) is 24.0 Å². The first-order valence-corrected chi connectivity index (χ1v) is 10.5. The van der Waals surface area contributed by atoms with Crippen LogP contribution < -0.4 is 15.0 Å². The minimum absolute atomic E-state index is 0.238. The Hall–Kier alpha value is -3.37. The van der Waals surface area contributed by atoms with E-state index < -0.39 is 0 Å². The molecule has 1 aliphatic rings. The molecule has 1 aliphatic heterocycles. The van der Waals surface area contributed by atoms with Gasteiger partial charge in [-0.3, -0.25) is 0 Å². The molecule has 0 unspecified atom stereocenters. The van der Waals surface area contributed by atoms with Crippen LogP contribution in [0.25, 0.3) is 15.6 Å². The fourth-order valence-corrected chi connectivity index (χ4v) is 4.13. The number of piperidine rings is 1. The first-order valence-electron chi connectivity index (χ1n) is 10.5. The summed E-state index contributed by atoms with van der Waals surface area (Å²) in [6.07, 6.45) is 1.88. The Kier molecular flexibility index (Phi) is 6.19. The molecule has 1 fully saturated rings. The van der Waals surface area contributed by atoms with Crippen LogP contribution in [0.1, 0.15) is 24.0 Å². The highest BCUT2D eigenvalue weighted by Crippen LogP contribution is 2.33. The number of hydrogen-bond donors (Lipinski definition) is 2. The van der Waals surface area contributed by atoms with E-state index in [2.05, 4.69) is 31.3 Å². The number of aromatic nitrogens is 2. The molecule has 1 aromatic heterocycles. The summed E-state index contributed by atoms with van der Waals surface area (Å²) in [5.74, 6) is 2.74. The van der Waals surface area contributed by atoms with E-state index in [1.54, 1.807) is 7.11 Å². The second-order valence-corrected chi connectivity index (χ2v) is 7.98. The zero-order chi connectivity index (χ0) is 21.8. The molecule has 1 saturated heterocycles. The Bertz CT molecular complexity index is 1120. The molecular formula is C24H27N5O2. The van der Waals surface area contributed by atoms with E-state index in [4.69, 9.17) is 11.3 Å². The Morgan fingerprint density at radius 3 is 2.65 bits per heavy atom. The summed E-state index contributed by atoms with van der Waals surface area (Å²) in [4.78, 5) is 5.82. The maximum atomic E-state index is 9.42.